The van der Waals surface area contributed by atoms with Gasteiger partial charge in [0, 0.05) is 60.3 Å². The van der Waals surface area contributed by atoms with E-state index in [9.17, 15) is 14.9 Å². The summed E-state index contributed by atoms with van der Waals surface area (Å²) in [6.07, 6.45) is 17.5. The molecule has 19 heteroatoms. The monoisotopic (exact) mass is 992 g/mol. The number of nitrogens with one attached hydrogen (secondary N) is 1. The molecule has 0 bridgehead atoms. The summed E-state index contributed by atoms with van der Waals surface area (Å²) in [6.45, 7) is 5.00. The molecule has 6 aromatic rings. The molecule has 3 N–H and O–H groups in total. The first-order valence-electron chi connectivity index (χ1n) is 25.8. The quantitative estimate of drug-likeness (QED) is 0.117. The summed E-state index contributed by atoms with van der Waals surface area (Å²) in [4.78, 5) is 49.3. The zero-order valence-corrected chi connectivity index (χ0v) is 41.3. The van der Waals surface area contributed by atoms with Gasteiger partial charge in [0.05, 0.1) is 58.4 Å². The highest BCUT2D eigenvalue weighted by Crippen LogP contribution is 2.56. The molecule has 7 aliphatic rings. The van der Waals surface area contributed by atoms with Crippen molar-refractivity contribution in [2.24, 2.45) is 17.9 Å². The van der Waals surface area contributed by atoms with Crippen molar-refractivity contribution in [2.75, 3.05) is 50.0 Å². The molecule has 1 aromatic carbocycles. The SMILES string of the molecule is Cn1nc(C2CCC(=O)NC2=O)c2cc(F)c(N3CCC4(CCN(CC5(COc6cc(Oc7cncnc7C7CC7)nc(-c7noc8c7CCC[C@@]87CCCc8sc(N)c(C#N)c87)n6)CC5)CC4)CC3)cc21. The Hall–Kier alpha value is -6.52. The Labute approximate surface area is 419 Å². The molecule has 2 amide bonds. The summed E-state index contributed by atoms with van der Waals surface area (Å²) in [6, 6.07) is 7.58. The van der Waals surface area contributed by atoms with Crippen LogP contribution in [0.5, 0.6) is 17.5 Å². The van der Waals surface area contributed by atoms with Crippen molar-refractivity contribution in [1.82, 2.24) is 45.1 Å². The Morgan fingerprint density at radius 1 is 0.958 bits per heavy atom. The molecule has 72 heavy (non-hydrogen) atoms. The molecular weight excluding hydrogens is 936 g/mol. The first kappa shape index (κ1) is 45.4. The largest absolute Gasteiger partial charge is 0.477 e. The number of thiophene rings is 1. The zero-order chi connectivity index (χ0) is 48.9. The van der Waals surface area contributed by atoms with Gasteiger partial charge in [-0.3, -0.25) is 19.6 Å². The number of hydrogen-bond acceptors (Lipinski definition) is 16. The van der Waals surface area contributed by atoms with Crippen LogP contribution in [0, 0.1) is 28.0 Å². The number of carbonyl (C=O) groups excluding carboxylic acids is 2. The fourth-order valence-electron chi connectivity index (χ4n) is 12.9. The number of rotatable bonds is 11. The summed E-state index contributed by atoms with van der Waals surface area (Å²) < 4.78 is 37.3. The number of ether oxygens (including phenoxy) is 2. The minimum atomic E-state index is -0.581. The number of halogens is 1. The summed E-state index contributed by atoms with van der Waals surface area (Å²) in [5, 5.41) is 23.2. The maximum atomic E-state index is 16.0. The first-order valence-corrected chi connectivity index (χ1v) is 26.6. The van der Waals surface area contributed by atoms with Gasteiger partial charge < -0.3 is 29.5 Å². The van der Waals surface area contributed by atoms with E-state index in [4.69, 9.17) is 34.9 Å². The number of carbonyl (C=O) groups is 2. The number of aromatic nitrogens is 7. The van der Waals surface area contributed by atoms with E-state index in [0.717, 1.165) is 151 Å². The molecule has 2 spiro atoms. The lowest BCUT2D eigenvalue weighted by atomic mass is 9.63. The second-order valence-corrected chi connectivity index (χ2v) is 22.9. The van der Waals surface area contributed by atoms with Crippen molar-refractivity contribution in [3.05, 3.63) is 75.3 Å². The van der Waals surface area contributed by atoms with Crippen LogP contribution in [0.1, 0.15) is 140 Å². The van der Waals surface area contributed by atoms with Crippen molar-refractivity contribution in [3.63, 3.8) is 0 Å². The van der Waals surface area contributed by atoms with Crippen LogP contribution in [0.15, 0.2) is 35.2 Å². The molecule has 13 rings (SSSR count). The highest BCUT2D eigenvalue weighted by Gasteiger charge is 2.50. The van der Waals surface area contributed by atoms with Gasteiger partial charge in [-0.25, -0.2) is 14.4 Å². The lowest BCUT2D eigenvalue weighted by molar-refractivity contribution is -0.134. The lowest BCUT2D eigenvalue weighted by Crippen LogP contribution is -2.48. The summed E-state index contributed by atoms with van der Waals surface area (Å²) in [5.41, 5.74) is 12.0. The number of nitrogen functional groups attached to an aromatic ring is 1. The Bertz CT molecular complexity index is 3200. The van der Waals surface area contributed by atoms with E-state index in [1.54, 1.807) is 23.3 Å². The van der Waals surface area contributed by atoms with Gasteiger partial charge >= 0.3 is 0 Å². The van der Waals surface area contributed by atoms with Crippen LogP contribution in [-0.4, -0.2) is 90.9 Å². The molecule has 5 aromatic heterocycles. The normalized spacial score (nSPS) is 23.5. The first-order chi connectivity index (χ1) is 35.0. The highest BCUT2D eigenvalue weighted by molar-refractivity contribution is 7.16. The van der Waals surface area contributed by atoms with Crippen molar-refractivity contribution in [3.8, 4) is 35.1 Å². The van der Waals surface area contributed by atoms with Crippen LogP contribution >= 0.6 is 11.3 Å². The molecule has 17 nitrogen and oxygen atoms in total. The number of nitriles is 1. The number of benzene rings is 1. The van der Waals surface area contributed by atoms with Crippen LogP contribution in [0.4, 0.5) is 15.1 Å². The van der Waals surface area contributed by atoms with Gasteiger partial charge in [-0.1, -0.05) is 5.16 Å². The van der Waals surface area contributed by atoms with E-state index < -0.39 is 11.3 Å². The molecular formula is C53H57FN12O5S. The average molecular weight is 993 g/mol. The predicted octanol–water partition coefficient (Wildman–Crippen LogP) is 8.15. The smallest absolute Gasteiger partial charge is 0.235 e. The third kappa shape index (κ3) is 7.87. The fraction of sp³-hybridized carbons (Fsp3) is 0.528. The highest BCUT2D eigenvalue weighted by atomic mass is 32.1. The third-order valence-electron chi connectivity index (χ3n) is 17.3. The Morgan fingerprint density at radius 3 is 2.50 bits per heavy atom. The molecule has 2 saturated carbocycles. The van der Waals surface area contributed by atoms with Gasteiger partial charge in [0.1, 0.15) is 23.2 Å². The van der Waals surface area contributed by atoms with Crippen molar-refractivity contribution >= 4 is 44.7 Å². The number of nitrogens with zero attached hydrogens (tertiary/aromatic N) is 10. The van der Waals surface area contributed by atoms with E-state index in [1.165, 1.54) is 22.3 Å². The van der Waals surface area contributed by atoms with Gasteiger partial charge in [-0.2, -0.15) is 20.3 Å². The fourth-order valence-corrected chi connectivity index (χ4v) is 14.1. The number of piperidine rings is 3. The van der Waals surface area contributed by atoms with Gasteiger partial charge in [0.15, 0.2) is 23.0 Å². The number of likely N-dealkylation sites (tertiary alicyclic amines) is 1. The molecule has 8 heterocycles. The predicted molar refractivity (Wildman–Crippen MR) is 264 cm³/mol. The van der Waals surface area contributed by atoms with Crippen molar-refractivity contribution in [1.29, 1.82) is 5.26 Å². The summed E-state index contributed by atoms with van der Waals surface area (Å²) in [7, 11) is 1.82. The van der Waals surface area contributed by atoms with Gasteiger partial charge in [-0.15, -0.1) is 11.3 Å². The van der Waals surface area contributed by atoms with E-state index in [-0.39, 0.29) is 34.9 Å². The van der Waals surface area contributed by atoms with Gasteiger partial charge in [0.2, 0.25) is 23.6 Å². The summed E-state index contributed by atoms with van der Waals surface area (Å²) >= 11 is 1.53. The van der Waals surface area contributed by atoms with Crippen LogP contribution in [0.3, 0.4) is 0 Å². The van der Waals surface area contributed by atoms with Crippen molar-refractivity contribution < 1.29 is 28.0 Å². The maximum absolute atomic E-state index is 16.0. The Kier molecular flexibility index (Phi) is 10.9. The van der Waals surface area contributed by atoms with Crippen LogP contribution in [0.2, 0.25) is 0 Å². The number of amides is 2. The van der Waals surface area contributed by atoms with E-state index in [2.05, 4.69) is 36.3 Å². The second kappa shape index (κ2) is 17.3. The molecule has 4 aliphatic carbocycles. The molecule has 5 fully saturated rings. The molecule has 3 aliphatic heterocycles. The number of nitrogens with two attached hydrogens (primary N) is 1. The molecule has 0 radical (unpaired) electrons. The number of hydrogen-bond donors (Lipinski definition) is 2. The standard InChI is InChI=1S/C53H57FN12O5S/c1-64-36-23-37(35(54)22-33(36)45(62-64)32-8-9-40(67)59-50(32)68)66-20-16-51(17-21-66)14-18-65(19-15-51)27-52(12-13-52)28-69-41-24-42(70-38-26-57-29-58-44(38)30-6-7-30)61-49(60-41)46-31-4-2-10-53(47(31)71-63-46)11-3-5-39-43(53)34(25-55)48(56)72-39/h22-24,26,29-30,32H,2-21,27-28,56H2,1H3,(H,59,67,68)/t32?,53-/m0/s1. The van der Waals surface area contributed by atoms with Crippen LogP contribution in [0.25, 0.3) is 22.4 Å². The van der Waals surface area contributed by atoms with Crippen LogP contribution < -0.4 is 25.4 Å². The maximum Gasteiger partial charge on any atom is 0.235 e. The third-order valence-corrected chi connectivity index (χ3v) is 18.4. The topological polar surface area (TPSA) is 216 Å². The minimum Gasteiger partial charge on any atom is -0.477 e. The van der Waals surface area contributed by atoms with E-state index >= 15 is 4.39 Å². The van der Waals surface area contributed by atoms with Crippen LogP contribution in [-0.2, 0) is 34.9 Å². The molecule has 3 saturated heterocycles. The molecule has 2 atom stereocenters. The van der Waals surface area contributed by atoms with Gasteiger partial charge in [0.25, 0.3) is 0 Å². The van der Waals surface area contributed by atoms with Crippen molar-refractivity contribution in [2.45, 2.75) is 120 Å². The Morgan fingerprint density at radius 2 is 1.74 bits per heavy atom. The van der Waals surface area contributed by atoms with Gasteiger partial charge in [-0.05, 0) is 133 Å². The minimum absolute atomic E-state index is 0.00537. The van der Waals surface area contributed by atoms with E-state index in [0.29, 0.717) is 75.3 Å². The summed E-state index contributed by atoms with van der Waals surface area (Å²) in [5.74, 6) is 1.23. The number of imide groups is 1. The second-order valence-electron chi connectivity index (χ2n) is 21.8. The number of anilines is 2. The Balaban J connectivity index is 0.695. The average Bonchev–Trinajstić information content (AvgIpc) is 4.27. The molecule has 372 valence electrons. The number of fused-ring (bicyclic) bond motifs is 5. The zero-order valence-electron chi connectivity index (χ0n) is 40.5. The molecule has 1 unspecified atom stereocenters. The van der Waals surface area contributed by atoms with E-state index in [1.807, 2.05) is 13.1 Å². The number of aryl methyl sites for hydroxylation is 2. The lowest BCUT2D eigenvalue weighted by Gasteiger charge is -2.48.